The number of hydrogen-bond acceptors (Lipinski definition) is 2. The van der Waals surface area contributed by atoms with Crippen LogP contribution in [0.25, 0.3) is 0 Å². The van der Waals surface area contributed by atoms with Gasteiger partial charge in [-0.3, -0.25) is 0 Å². The molecule has 0 N–H and O–H groups in total. The number of rotatable bonds is 2. The summed E-state index contributed by atoms with van der Waals surface area (Å²) in [6, 6.07) is 10.6. The Hall–Kier alpha value is -1.38. The number of halogens is 1. The average Bonchev–Trinajstić information content (AvgIpc) is 2.30. The van der Waals surface area contributed by atoms with E-state index in [2.05, 4.69) is 55.8 Å². The molecule has 0 amide bonds. The lowest BCUT2D eigenvalue weighted by molar-refractivity contribution is -0.144. The number of hydrogen-bond donors (Lipinski definition) is 0. The molecule has 0 atom stereocenters. The quantitative estimate of drug-likeness (QED) is 0.739. The summed E-state index contributed by atoms with van der Waals surface area (Å²) in [6.07, 6.45) is 0. The lowest BCUT2D eigenvalue weighted by atomic mass is 9.87. The number of carbonyl (C=O) groups excluding carboxylic acids is 1. The van der Waals surface area contributed by atoms with Gasteiger partial charge in [-0.05, 0) is 17.9 Å². The number of alkyl halides is 1. The molecule has 1 aromatic rings. The van der Waals surface area contributed by atoms with Gasteiger partial charge in [-0.1, -0.05) is 51.1 Å². The first-order valence-corrected chi connectivity index (χ1v) is 5.69. The van der Waals surface area contributed by atoms with Crippen molar-refractivity contribution in [2.24, 2.45) is 0 Å². The Labute approximate surface area is 103 Å². The third-order valence-corrected chi connectivity index (χ3v) is 2.05. The summed E-state index contributed by atoms with van der Waals surface area (Å²) >= 11 is 0. The first-order valence-electron chi connectivity index (χ1n) is 5.69. The SMILES string of the molecule is CC(C)(C)c1ccccc1.CCOC(=O)CF. The van der Waals surface area contributed by atoms with Crippen molar-refractivity contribution in [1.29, 1.82) is 0 Å². The van der Waals surface area contributed by atoms with Gasteiger partial charge < -0.3 is 4.74 Å². The molecule has 0 heterocycles. The van der Waals surface area contributed by atoms with Crippen LogP contribution in [0.4, 0.5) is 4.39 Å². The maximum atomic E-state index is 11.1. The summed E-state index contributed by atoms with van der Waals surface area (Å²) in [5, 5.41) is 0. The van der Waals surface area contributed by atoms with Crippen molar-refractivity contribution >= 4 is 5.97 Å². The van der Waals surface area contributed by atoms with Crippen molar-refractivity contribution in [2.75, 3.05) is 13.3 Å². The van der Waals surface area contributed by atoms with E-state index in [0.717, 1.165) is 0 Å². The van der Waals surface area contributed by atoms with Gasteiger partial charge in [-0.15, -0.1) is 0 Å². The van der Waals surface area contributed by atoms with Crippen LogP contribution in [0, 0.1) is 0 Å². The molecule has 17 heavy (non-hydrogen) atoms. The van der Waals surface area contributed by atoms with Crippen LogP contribution in [-0.4, -0.2) is 19.3 Å². The maximum Gasteiger partial charge on any atom is 0.337 e. The molecule has 0 spiro atoms. The first-order chi connectivity index (χ1) is 7.91. The summed E-state index contributed by atoms with van der Waals surface area (Å²) in [5.41, 5.74) is 1.69. The van der Waals surface area contributed by atoms with E-state index in [4.69, 9.17) is 0 Å². The molecule has 0 saturated heterocycles. The van der Waals surface area contributed by atoms with E-state index >= 15 is 0 Å². The smallest absolute Gasteiger partial charge is 0.337 e. The normalized spacial score (nSPS) is 10.2. The fourth-order valence-electron chi connectivity index (χ4n) is 1.14. The second-order valence-corrected chi connectivity index (χ2v) is 4.55. The predicted molar refractivity (Wildman–Crippen MR) is 67.8 cm³/mol. The van der Waals surface area contributed by atoms with E-state index < -0.39 is 12.6 Å². The lowest BCUT2D eigenvalue weighted by Crippen LogP contribution is -2.10. The number of esters is 1. The highest BCUT2D eigenvalue weighted by Gasteiger charge is 2.11. The van der Waals surface area contributed by atoms with Gasteiger partial charge in [0.1, 0.15) is 0 Å². The van der Waals surface area contributed by atoms with Gasteiger partial charge in [-0.25, -0.2) is 9.18 Å². The molecule has 2 nitrogen and oxygen atoms in total. The Kier molecular flexibility index (Phi) is 7.19. The zero-order chi connectivity index (χ0) is 13.3. The standard InChI is InChI=1S/C10H14.C4H7FO2/c1-10(2,3)9-7-5-4-6-8-9;1-2-7-4(6)3-5/h4-8H,1-3H3;2-3H2,1H3. The van der Waals surface area contributed by atoms with Crippen molar-refractivity contribution < 1.29 is 13.9 Å². The lowest BCUT2D eigenvalue weighted by Gasteiger charge is -2.18. The summed E-state index contributed by atoms with van der Waals surface area (Å²) < 4.78 is 15.3. The molecule has 1 aromatic carbocycles. The molecule has 0 aliphatic rings. The zero-order valence-electron chi connectivity index (χ0n) is 11.0. The van der Waals surface area contributed by atoms with Gasteiger partial charge in [0.15, 0.2) is 6.67 Å². The van der Waals surface area contributed by atoms with Gasteiger partial charge in [0.2, 0.25) is 0 Å². The van der Waals surface area contributed by atoms with Crippen molar-refractivity contribution in [2.45, 2.75) is 33.1 Å². The Bertz CT molecular complexity index is 315. The molecule has 0 fully saturated rings. The number of carbonyl (C=O) groups is 1. The van der Waals surface area contributed by atoms with Gasteiger partial charge >= 0.3 is 5.97 Å². The maximum absolute atomic E-state index is 11.1. The second kappa shape index (κ2) is 7.82. The summed E-state index contributed by atoms with van der Waals surface area (Å²) in [4.78, 5) is 9.81. The van der Waals surface area contributed by atoms with Crippen LogP contribution >= 0.6 is 0 Å². The molecule has 3 heteroatoms. The highest BCUT2D eigenvalue weighted by molar-refractivity contribution is 5.70. The van der Waals surface area contributed by atoms with Crippen LogP contribution in [0.15, 0.2) is 30.3 Å². The van der Waals surface area contributed by atoms with Crippen molar-refractivity contribution in [3.63, 3.8) is 0 Å². The molecule has 0 aliphatic heterocycles. The number of benzene rings is 1. The third-order valence-electron chi connectivity index (χ3n) is 2.05. The average molecular weight is 240 g/mol. The molecule has 1 rings (SSSR count). The predicted octanol–water partition coefficient (Wildman–Crippen LogP) is 3.50. The van der Waals surface area contributed by atoms with Crippen LogP contribution in [0.1, 0.15) is 33.3 Å². The topological polar surface area (TPSA) is 26.3 Å². The third kappa shape index (κ3) is 7.50. The van der Waals surface area contributed by atoms with Crippen molar-refractivity contribution in [3.05, 3.63) is 35.9 Å². The first kappa shape index (κ1) is 15.6. The fraction of sp³-hybridized carbons (Fsp3) is 0.500. The van der Waals surface area contributed by atoms with Crippen LogP contribution in [-0.2, 0) is 14.9 Å². The van der Waals surface area contributed by atoms with Gasteiger partial charge in [0, 0.05) is 0 Å². The monoisotopic (exact) mass is 240 g/mol. The Morgan fingerprint density at radius 2 is 1.76 bits per heavy atom. The van der Waals surface area contributed by atoms with Gasteiger partial charge in [0.05, 0.1) is 6.61 Å². The second-order valence-electron chi connectivity index (χ2n) is 4.55. The highest BCUT2D eigenvalue weighted by Crippen LogP contribution is 2.20. The number of ether oxygens (including phenoxy) is 1. The van der Waals surface area contributed by atoms with Gasteiger partial charge in [-0.2, -0.15) is 0 Å². The van der Waals surface area contributed by atoms with E-state index in [1.807, 2.05) is 0 Å². The molecule has 0 aliphatic carbocycles. The minimum atomic E-state index is -1.02. The molecule has 0 radical (unpaired) electrons. The Balaban J connectivity index is 0.000000325. The largest absolute Gasteiger partial charge is 0.464 e. The molecular formula is C14H21FO2. The Morgan fingerprint density at radius 3 is 2.00 bits per heavy atom. The molecule has 0 unspecified atom stereocenters. The summed E-state index contributed by atoms with van der Waals surface area (Å²) in [6.45, 7) is 7.54. The van der Waals surface area contributed by atoms with E-state index in [-0.39, 0.29) is 6.61 Å². The summed E-state index contributed by atoms with van der Waals surface area (Å²) in [5.74, 6) is -0.789. The Morgan fingerprint density at radius 1 is 1.24 bits per heavy atom. The van der Waals surface area contributed by atoms with E-state index in [1.165, 1.54) is 5.56 Å². The van der Waals surface area contributed by atoms with E-state index in [1.54, 1.807) is 6.92 Å². The van der Waals surface area contributed by atoms with Crippen LogP contribution in [0.2, 0.25) is 0 Å². The molecular weight excluding hydrogens is 219 g/mol. The van der Waals surface area contributed by atoms with Crippen LogP contribution < -0.4 is 0 Å². The minimum Gasteiger partial charge on any atom is -0.464 e. The fourth-order valence-corrected chi connectivity index (χ4v) is 1.14. The molecule has 0 bridgehead atoms. The molecule has 96 valence electrons. The molecule has 0 aromatic heterocycles. The van der Waals surface area contributed by atoms with E-state index in [0.29, 0.717) is 5.41 Å². The van der Waals surface area contributed by atoms with Crippen LogP contribution in [0.5, 0.6) is 0 Å². The van der Waals surface area contributed by atoms with E-state index in [9.17, 15) is 9.18 Å². The van der Waals surface area contributed by atoms with Crippen molar-refractivity contribution in [1.82, 2.24) is 0 Å². The molecule has 0 saturated carbocycles. The minimum absolute atomic E-state index is 0.253. The summed E-state index contributed by atoms with van der Waals surface area (Å²) in [7, 11) is 0. The highest BCUT2D eigenvalue weighted by atomic mass is 19.1. The van der Waals surface area contributed by atoms with Crippen molar-refractivity contribution in [3.8, 4) is 0 Å². The van der Waals surface area contributed by atoms with Crippen LogP contribution in [0.3, 0.4) is 0 Å². The zero-order valence-corrected chi connectivity index (χ0v) is 11.0. The van der Waals surface area contributed by atoms with Gasteiger partial charge in [0.25, 0.3) is 0 Å².